The fourth-order valence-electron chi connectivity index (χ4n) is 1.58. The number of aryl methyl sites for hydroxylation is 2. The summed E-state index contributed by atoms with van der Waals surface area (Å²) in [6, 6.07) is 3.83. The van der Waals surface area contributed by atoms with Crippen molar-refractivity contribution < 1.29 is 9.67 Å². The normalized spacial score (nSPS) is 11.7. The lowest BCUT2D eigenvalue weighted by atomic mass is 10.1. The summed E-state index contributed by atoms with van der Waals surface area (Å²) in [5.74, 6) is 0.291. The van der Waals surface area contributed by atoms with E-state index in [-0.39, 0.29) is 0 Å². The lowest BCUT2D eigenvalue weighted by molar-refractivity contribution is 0.465. The number of hydrogen-bond acceptors (Lipinski definition) is 2. The van der Waals surface area contributed by atoms with Crippen LogP contribution in [0.15, 0.2) is 12.1 Å². The molecule has 1 aromatic carbocycles. The molecule has 0 atom stereocenters. The van der Waals surface area contributed by atoms with Crippen LogP contribution in [0.4, 0.5) is 0 Å². The first-order chi connectivity index (χ1) is 6.29. The van der Waals surface area contributed by atoms with E-state index in [0.29, 0.717) is 11.9 Å². The predicted molar refractivity (Wildman–Crippen MR) is 60.7 cm³/mol. The average Bonchev–Trinajstić information content (AvgIpc) is 1.96. The van der Waals surface area contributed by atoms with Gasteiger partial charge in [0.1, 0.15) is 5.75 Å². The van der Waals surface area contributed by atoms with Gasteiger partial charge in [-0.1, -0.05) is 17.7 Å². The molecule has 0 aliphatic rings. The van der Waals surface area contributed by atoms with Gasteiger partial charge in [-0.3, -0.25) is 0 Å². The summed E-state index contributed by atoms with van der Waals surface area (Å²) in [5.41, 5.74) is 2.76. The molecule has 78 valence electrons. The highest BCUT2D eigenvalue weighted by Crippen LogP contribution is 2.43. The maximum absolute atomic E-state index is 11.6. The maximum Gasteiger partial charge on any atom is 0.122 e. The number of phenols is 1. The van der Waals surface area contributed by atoms with E-state index >= 15 is 0 Å². The number of rotatable bonds is 2. The second kappa shape index (κ2) is 3.78. The molecule has 3 heteroatoms. The number of hydrogen-bond donors (Lipinski definition) is 1. The highest BCUT2D eigenvalue weighted by atomic mass is 31.2. The molecule has 0 fully saturated rings. The van der Waals surface area contributed by atoms with Gasteiger partial charge in [0.05, 0.1) is 7.14 Å². The molecule has 0 aromatic heterocycles. The van der Waals surface area contributed by atoms with Crippen LogP contribution in [0.2, 0.25) is 0 Å². The Morgan fingerprint density at radius 1 is 1.29 bits per heavy atom. The molecule has 0 spiro atoms. The average molecular weight is 212 g/mol. The fourth-order valence-corrected chi connectivity index (χ4v) is 2.64. The Morgan fingerprint density at radius 2 is 1.86 bits per heavy atom. The Labute approximate surface area is 85.3 Å². The zero-order valence-electron chi connectivity index (χ0n) is 9.16. The SMILES string of the molecule is Cc1cc(C)c(O)c(CP(C)(C)=O)c1. The van der Waals surface area contributed by atoms with Crippen molar-refractivity contribution in [2.45, 2.75) is 20.0 Å². The Bertz CT molecular complexity index is 391. The first-order valence-corrected chi connectivity index (χ1v) is 7.41. The van der Waals surface area contributed by atoms with Gasteiger partial charge in [0, 0.05) is 11.7 Å². The zero-order valence-corrected chi connectivity index (χ0v) is 10.1. The third-order valence-corrected chi connectivity index (χ3v) is 3.18. The molecule has 0 saturated heterocycles. The minimum absolute atomic E-state index is 0.291. The molecule has 0 aliphatic carbocycles. The standard InChI is InChI=1S/C11H17O2P/c1-8-5-9(2)11(12)10(6-8)7-14(3,4)13/h5-6,12H,7H2,1-4H3. The van der Waals surface area contributed by atoms with Gasteiger partial charge in [-0.05, 0) is 32.7 Å². The topological polar surface area (TPSA) is 37.3 Å². The van der Waals surface area contributed by atoms with Crippen molar-refractivity contribution in [2.24, 2.45) is 0 Å². The van der Waals surface area contributed by atoms with E-state index in [1.807, 2.05) is 26.0 Å². The second-order valence-electron chi connectivity index (χ2n) is 4.32. The summed E-state index contributed by atoms with van der Waals surface area (Å²) in [6.45, 7) is 7.32. The first-order valence-electron chi connectivity index (χ1n) is 4.63. The number of aromatic hydroxyl groups is 1. The van der Waals surface area contributed by atoms with Crippen molar-refractivity contribution in [2.75, 3.05) is 13.3 Å². The molecule has 1 aromatic rings. The molecule has 0 aliphatic heterocycles. The lowest BCUT2D eigenvalue weighted by Gasteiger charge is -2.11. The van der Waals surface area contributed by atoms with Gasteiger partial charge in [-0.2, -0.15) is 0 Å². The Kier molecular flexibility index (Phi) is 3.06. The van der Waals surface area contributed by atoms with Crippen molar-refractivity contribution >= 4 is 7.14 Å². The number of benzene rings is 1. The van der Waals surface area contributed by atoms with Gasteiger partial charge in [0.2, 0.25) is 0 Å². The molecule has 0 heterocycles. The van der Waals surface area contributed by atoms with Crippen LogP contribution >= 0.6 is 7.14 Å². The van der Waals surface area contributed by atoms with Crippen molar-refractivity contribution in [1.29, 1.82) is 0 Å². The van der Waals surface area contributed by atoms with E-state index in [2.05, 4.69) is 0 Å². The summed E-state index contributed by atoms with van der Waals surface area (Å²) < 4.78 is 11.6. The Hall–Kier alpha value is -0.750. The molecule has 1 N–H and O–H groups in total. The molecule has 0 bridgehead atoms. The van der Waals surface area contributed by atoms with Gasteiger partial charge in [-0.15, -0.1) is 0 Å². The minimum Gasteiger partial charge on any atom is -0.507 e. The van der Waals surface area contributed by atoms with Crippen LogP contribution in [0.25, 0.3) is 0 Å². The van der Waals surface area contributed by atoms with Crippen molar-refractivity contribution in [3.05, 3.63) is 28.8 Å². The lowest BCUT2D eigenvalue weighted by Crippen LogP contribution is -1.90. The molecule has 14 heavy (non-hydrogen) atoms. The van der Waals surface area contributed by atoms with Crippen molar-refractivity contribution in [1.82, 2.24) is 0 Å². The third kappa shape index (κ3) is 2.88. The van der Waals surface area contributed by atoms with E-state index < -0.39 is 7.14 Å². The maximum atomic E-state index is 11.6. The summed E-state index contributed by atoms with van der Waals surface area (Å²) in [4.78, 5) is 0. The van der Waals surface area contributed by atoms with Crippen LogP contribution in [-0.2, 0) is 10.7 Å². The zero-order chi connectivity index (χ0) is 10.9. The molecule has 0 unspecified atom stereocenters. The van der Waals surface area contributed by atoms with E-state index in [4.69, 9.17) is 0 Å². The Morgan fingerprint density at radius 3 is 2.36 bits per heavy atom. The van der Waals surface area contributed by atoms with Gasteiger partial charge in [-0.25, -0.2) is 0 Å². The molecule has 0 saturated carbocycles. The first kappa shape index (κ1) is 11.3. The van der Waals surface area contributed by atoms with Crippen LogP contribution < -0.4 is 0 Å². The molecule has 2 nitrogen and oxygen atoms in total. The van der Waals surface area contributed by atoms with Crippen LogP contribution in [0, 0.1) is 13.8 Å². The molecular formula is C11H17O2P. The van der Waals surface area contributed by atoms with E-state index in [0.717, 1.165) is 16.7 Å². The quantitative estimate of drug-likeness (QED) is 0.764. The third-order valence-electron chi connectivity index (χ3n) is 2.07. The number of phenolic OH excluding ortho intramolecular Hbond substituents is 1. The Balaban J connectivity index is 3.15. The largest absolute Gasteiger partial charge is 0.507 e. The van der Waals surface area contributed by atoms with Gasteiger partial charge >= 0.3 is 0 Å². The van der Waals surface area contributed by atoms with E-state index in [9.17, 15) is 9.67 Å². The molecule has 0 radical (unpaired) electrons. The van der Waals surface area contributed by atoms with Gasteiger partial charge in [0.15, 0.2) is 0 Å². The summed E-state index contributed by atoms with van der Waals surface area (Å²) in [6.07, 6.45) is 0.474. The highest BCUT2D eigenvalue weighted by Gasteiger charge is 2.13. The smallest absolute Gasteiger partial charge is 0.122 e. The van der Waals surface area contributed by atoms with Crippen LogP contribution in [0.1, 0.15) is 16.7 Å². The van der Waals surface area contributed by atoms with E-state index in [1.54, 1.807) is 13.3 Å². The van der Waals surface area contributed by atoms with Crippen LogP contribution in [-0.4, -0.2) is 18.4 Å². The molecule has 1 rings (SSSR count). The second-order valence-corrected chi connectivity index (χ2v) is 7.79. The van der Waals surface area contributed by atoms with Gasteiger partial charge < -0.3 is 9.67 Å². The summed E-state index contributed by atoms with van der Waals surface area (Å²) >= 11 is 0. The van der Waals surface area contributed by atoms with Gasteiger partial charge in [0.25, 0.3) is 0 Å². The fraction of sp³-hybridized carbons (Fsp3) is 0.455. The minimum atomic E-state index is -2.11. The van der Waals surface area contributed by atoms with E-state index in [1.165, 1.54) is 0 Å². The summed E-state index contributed by atoms with van der Waals surface area (Å²) in [5, 5.41) is 9.76. The predicted octanol–water partition coefficient (Wildman–Crippen LogP) is 3.13. The monoisotopic (exact) mass is 212 g/mol. The van der Waals surface area contributed by atoms with Crippen LogP contribution in [0.3, 0.4) is 0 Å². The molecule has 0 amide bonds. The van der Waals surface area contributed by atoms with Crippen LogP contribution in [0.5, 0.6) is 5.75 Å². The molecular weight excluding hydrogens is 195 g/mol. The highest BCUT2D eigenvalue weighted by molar-refractivity contribution is 7.61. The summed E-state index contributed by atoms with van der Waals surface area (Å²) in [7, 11) is -2.11. The van der Waals surface area contributed by atoms with Crippen molar-refractivity contribution in [3.8, 4) is 5.75 Å². The van der Waals surface area contributed by atoms with Crippen molar-refractivity contribution in [3.63, 3.8) is 0 Å².